The van der Waals surface area contributed by atoms with Gasteiger partial charge >= 0.3 is 0 Å². The SMILES string of the molecule is CCNC(=O)[C@H](CC)N(Cc1cccc(C)c1)C(=O)CCCN(c1cccc(OC)c1)S(C)(=O)=O. The second-order valence-electron chi connectivity index (χ2n) is 8.47. The maximum atomic E-state index is 13.4. The molecule has 0 spiro atoms. The van der Waals surface area contributed by atoms with E-state index in [1.165, 1.54) is 11.4 Å². The summed E-state index contributed by atoms with van der Waals surface area (Å²) in [7, 11) is -2.05. The number of carbonyl (C=O) groups excluding carboxylic acids is 2. The maximum Gasteiger partial charge on any atom is 0.242 e. The zero-order valence-corrected chi connectivity index (χ0v) is 22.1. The van der Waals surface area contributed by atoms with Gasteiger partial charge in [-0.05, 0) is 44.4 Å². The minimum absolute atomic E-state index is 0.109. The number of hydrogen-bond donors (Lipinski definition) is 1. The zero-order chi connectivity index (χ0) is 26.0. The molecule has 2 aromatic carbocycles. The van der Waals surface area contributed by atoms with E-state index in [1.807, 2.05) is 45.0 Å². The van der Waals surface area contributed by atoms with E-state index in [0.29, 0.717) is 37.4 Å². The van der Waals surface area contributed by atoms with Gasteiger partial charge in [0.1, 0.15) is 11.8 Å². The molecule has 2 amide bonds. The number of rotatable bonds is 13. The second kappa shape index (κ2) is 13.1. The molecule has 35 heavy (non-hydrogen) atoms. The number of likely N-dealkylation sites (N-methyl/N-ethyl adjacent to an activating group) is 1. The second-order valence-corrected chi connectivity index (χ2v) is 10.4. The van der Waals surface area contributed by atoms with Crippen LogP contribution in [0.3, 0.4) is 0 Å². The fraction of sp³-hybridized carbons (Fsp3) is 0.462. The van der Waals surface area contributed by atoms with Crippen LogP contribution >= 0.6 is 0 Å². The lowest BCUT2D eigenvalue weighted by atomic mass is 10.1. The van der Waals surface area contributed by atoms with Crippen LogP contribution in [0, 0.1) is 6.92 Å². The molecule has 192 valence electrons. The number of amides is 2. The van der Waals surface area contributed by atoms with Crippen LogP contribution in [0.15, 0.2) is 48.5 Å². The molecule has 0 aliphatic carbocycles. The topological polar surface area (TPSA) is 96.0 Å². The first-order chi connectivity index (χ1) is 16.6. The smallest absolute Gasteiger partial charge is 0.242 e. The maximum absolute atomic E-state index is 13.4. The highest BCUT2D eigenvalue weighted by molar-refractivity contribution is 7.92. The standard InChI is InChI=1S/C26H37N3O5S/c1-6-24(26(31)27-7-2)28(19-21-12-8-11-20(3)17-21)25(30)15-10-16-29(35(5,32)33)22-13-9-14-23(18-22)34-4/h8-9,11-14,17-18,24H,6-7,10,15-16,19H2,1-5H3,(H,27,31)/t24-/m0/s1. The Morgan fingerprint density at radius 2 is 1.80 bits per heavy atom. The molecular formula is C26H37N3O5S. The van der Waals surface area contributed by atoms with Crippen molar-refractivity contribution in [1.29, 1.82) is 0 Å². The van der Waals surface area contributed by atoms with Gasteiger partial charge in [0.25, 0.3) is 0 Å². The van der Waals surface area contributed by atoms with E-state index >= 15 is 0 Å². The average molecular weight is 504 g/mol. The highest BCUT2D eigenvalue weighted by Gasteiger charge is 2.28. The van der Waals surface area contributed by atoms with Gasteiger partial charge in [0.15, 0.2) is 0 Å². The first kappa shape index (κ1) is 28.2. The highest BCUT2D eigenvalue weighted by atomic mass is 32.2. The van der Waals surface area contributed by atoms with E-state index < -0.39 is 16.1 Å². The summed E-state index contributed by atoms with van der Waals surface area (Å²) in [5.74, 6) is 0.165. The summed E-state index contributed by atoms with van der Waals surface area (Å²) in [6.45, 7) is 6.62. The Morgan fingerprint density at radius 3 is 2.40 bits per heavy atom. The lowest BCUT2D eigenvalue weighted by Gasteiger charge is -2.31. The molecule has 1 atom stereocenters. The fourth-order valence-corrected chi connectivity index (χ4v) is 4.95. The predicted octanol–water partition coefficient (Wildman–Crippen LogP) is 3.49. The Bertz CT molecular complexity index is 1100. The Labute approximate surface area is 209 Å². The van der Waals surface area contributed by atoms with E-state index in [1.54, 1.807) is 29.2 Å². The molecule has 0 aliphatic rings. The van der Waals surface area contributed by atoms with Crippen molar-refractivity contribution in [2.45, 2.75) is 52.6 Å². The number of nitrogens with one attached hydrogen (secondary N) is 1. The number of carbonyl (C=O) groups is 2. The molecule has 0 saturated heterocycles. The van der Waals surface area contributed by atoms with Crippen LogP contribution in [-0.2, 0) is 26.2 Å². The van der Waals surface area contributed by atoms with Gasteiger partial charge in [-0.1, -0.05) is 42.8 Å². The molecule has 0 aromatic heterocycles. The molecule has 0 saturated carbocycles. The van der Waals surface area contributed by atoms with Crippen molar-refractivity contribution in [2.24, 2.45) is 0 Å². The first-order valence-electron chi connectivity index (χ1n) is 11.8. The third-order valence-corrected chi connectivity index (χ3v) is 6.86. The minimum Gasteiger partial charge on any atom is -0.497 e. The Kier molecular flexibility index (Phi) is 10.6. The highest BCUT2D eigenvalue weighted by Crippen LogP contribution is 2.24. The molecule has 0 heterocycles. The molecule has 2 rings (SSSR count). The van der Waals surface area contributed by atoms with Gasteiger partial charge in [-0.25, -0.2) is 8.42 Å². The van der Waals surface area contributed by atoms with Gasteiger partial charge in [0, 0.05) is 32.1 Å². The quantitative estimate of drug-likeness (QED) is 0.451. The summed E-state index contributed by atoms with van der Waals surface area (Å²) in [5.41, 5.74) is 2.49. The van der Waals surface area contributed by atoms with E-state index in [0.717, 1.165) is 17.4 Å². The van der Waals surface area contributed by atoms with Gasteiger partial charge in [0.05, 0.1) is 19.1 Å². The molecule has 0 bridgehead atoms. The average Bonchev–Trinajstić information content (AvgIpc) is 2.81. The number of methoxy groups -OCH3 is 1. The van der Waals surface area contributed by atoms with E-state index in [9.17, 15) is 18.0 Å². The molecule has 8 nitrogen and oxygen atoms in total. The number of hydrogen-bond acceptors (Lipinski definition) is 5. The van der Waals surface area contributed by atoms with Crippen LogP contribution < -0.4 is 14.4 Å². The Hall–Kier alpha value is -3.07. The van der Waals surface area contributed by atoms with Crippen molar-refractivity contribution in [3.8, 4) is 5.75 Å². The van der Waals surface area contributed by atoms with Crippen LogP contribution in [-0.4, -0.2) is 57.6 Å². The third-order valence-electron chi connectivity index (χ3n) is 5.67. The van der Waals surface area contributed by atoms with Crippen LogP contribution in [0.5, 0.6) is 5.75 Å². The Balaban J connectivity index is 2.21. The van der Waals surface area contributed by atoms with Crippen LogP contribution in [0.4, 0.5) is 5.69 Å². The van der Waals surface area contributed by atoms with Crippen molar-refractivity contribution >= 4 is 27.5 Å². The molecule has 1 N–H and O–H groups in total. The number of ether oxygens (including phenoxy) is 1. The van der Waals surface area contributed by atoms with E-state index in [-0.39, 0.29) is 24.8 Å². The van der Waals surface area contributed by atoms with Crippen LogP contribution in [0.2, 0.25) is 0 Å². The summed E-state index contributed by atoms with van der Waals surface area (Å²) in [5, 5.41) is 2.82. The molecule has 9 heteroatoms. The minimum atomic E-state index is -3.57. The van der Waals surface area contributed by atoms with Crippen LogP contribution in [0.1, 0.15) is 44.2 Å². The molecule has 0 radical (unpaired) electrons. The first-order valence-corrected chi connectivity index (χ1v) is 13.7. The number of aryl methyl sites for hydroxylation is 1. The summed E-state index contributed by atoms with van der Waals surface area (Å²) < 4.78 is 31.4. The summed E-state index contributed by atoms with van der Waals surface area (Å²) in [6, 6.07) is 14.0. The normalized spacial score (nSPS) is 12.0. The van der Waals surface area contributed by atoms with Gasteiger partial charge < -0.3 is 15.0 Å². The van der Waals surface area contributed by atoms with E-state index in [2.05, 4.69) is 5.32 Å². The largest absolute Gasteiger partial charge is 0.497 e. The molecular weight excluding hydrogens is 466 g/mol. The molecule has 0 unspecified atom stereocenters. The van der Waals surface area contributed by atoms with Gasteiger partial charge in [-0.15, -0.1) is 0 Å². The van der Waals surface area contributed by atoms with Gasteiger partial charge in [0.2, 0.25) is 21.8 Å². The fourth-order valence-electron chi connectivity index (χ4n) is 3.99. The van der Waals surface area contributed by atoms with Crippen molar-refractivity contribution in [3.05, 3.63) is 59.7 Å². The number of anilines is 1. The summed E-state index contributed by atoms with van der Waals surface area (Å²) >= 11 is 0. The predicted molar refractivity (Wildman–Crippen MR) is 139 cm³/mol. The number of nitrogens with zero attached hydrogens (tertiary/aromatic N) is 2. The van der Waals surface area contributed by atoms with Crippen molar-refractivity contribution in [2.75, 3.05) is 30.8 Å². The van der Waals surface area contributed by atoms with Crippen molar-refractivity contribution in [1.82, 2.24) is 10.2 Å². The Morgan fingerprint density at radius 1 is 1.09 bits per heavy atom. The van der Waals surface area contributed by atoms with Crippen LogP contribution in [0.25, 0.3) is 0 Å². The molecule has 2 aromatic rings. The summed E-state index contributed by atoms with van der Waals surface area (Å²) in [4.78, 5) is 27.7. The molecule has 0 fully saturated rings. The van der Waals surface area contributed by atoms with Crippen molar-refractivity contribution < 1.29 is 22.7 Å². The van der Waals surface area contributed by atoms with Gasteiger partial charge in [-0.3, -0.25) is 13.9 Å². The summed E-state index contributed by atoms with van der Waals surface area (Å²) in [6.07, 6.45) is 2.03. The third kappa shape index (κ3) is 8.28. The molecule has 0 aliphatic heterocycles. The number of sulfonamides is 1. The van der Waals surface area contributed by atoms with Gasteiger partial charge in [-0.2, -0.15) is 0 Å². The van der Waals surface area contributed by atoms with Crippen molar-refractivity contribution in [3.63, 3.8) is 0 Å². The van der Waals surface area contributed by atoms with E-state index in [4.69, 9.17) is 4.74 Å². The number of benzene rings is 2. The lowest BCUT2D eigenvalue weighted by Crippen LogP contribution is -2.49. The zero-order valence-electron chi connectivity index (χ0n) is 21.3. The monoisotopic (exact) mass is 503 g/mol. The lowest BCUT2D eigenvalue weighted by molar-refractivity contribution is -0.141.